The van der Waals surface area contributed by atoms with E-state index < -0.39 is 0 Å². The van der Waals surface area contributed by atoms with Gasteiger partial charge >= 0.3 is 0 Å². The van der Waals surface area contributed by atoms with Gasteiger partial charge in [0, 0.05) is 59.7 Å². The van der Waals surface area contributed by atoms with E-state index in [-0.39, 0.29) is 5.91 Å². The van der Waals surface area contributed by atoms with Crippen LogP contribution in [0.15, 0.2) is 36.4 Å². The minimum Gasteiger partial charge on any atom is -0.339 e. The second-order valence-corrected chi connectivity index (χ2v) is 8.44. The Morgan fingerprint density at radius 3 is 2.40 bits per heavy atom. The summed E-state index contributed by atoms with van der Waals surface area (Å²) in [6, 6.07) is 12.3. The summed E-state index contributed by atoms with van der Waals surface area (Å²) in [5.74, 6) is 2.63. The van der Waals surface area contributed by atoms with Gasteiger partial charge in [-0.05, 0) is 30.4 Å². The molecule has 3 nitrogen and oxygen atoms in total. The molecule has 0 aliphatic carbocycles. The smallest absolute Gasteiger partial charge is 0.254 e. The van der Waals surface area contributed by atoms with Crippen molar-refractivity contribution >= 4 is 40.0 Å². The Hall–Kier alpha value is -1.23. The molecule has 2 fully saturated rings. The molecule has 0 aromatic heterocycles. The van der Waals surface area contributed by atoms with E-state index in [0.29, 0.717) is 11.1 Å². The number of benzene rings is 2. The third-order valence-electron chi connectivity index (χ3n) is 5.41. The Morgan fingerprint density at radius 1 is 0.960 bits per heavy atom. The Kier molecular flexibility index (Phi) is 5.20. The van der Waals surface area contributed by atoms with Crippen LogP contribution < -0.4 is 0 Å². The monoisotopic (exact) mass is 374 g/mol. The summed E-state index contributed by atoms with van der Waals surface area (Å²) in [7, 11) is 0. The van der Waals surface area contributed by atoms with E-state index >= 15 is 0 Å². The summed E-state index contributed by atoms with van der Waals surface area (Å²) < 4.78 is 0. The van der Waals surface area contributed by atoms with Crippen LogP contribution in [0.4, 0.5) is 0 Å². The predicted molar refractivity (Wildman–Crippen MR) is 107 cm³/mol. The van der Waals surface area contributed by atoms with Crippen LogP contribution in [-0.2, 0) is 0 Å². The normalized spacial score (nSPS) is 20.1. The zero-order chi connectivity index (χ0) is 17.2. The highest BCUT2D eigenvalue weighted by atomic mass is 35.5. The quantitative estimate of drug-likeness (QED) is 0.789. The van der Waals surface area contributed by atoms with E-state index in [1.54, 1.807) is 0 Å². The molecule has 0 N–H and O–H groups in total. The van der Waals surface area contributed by atoms with Gasteiger partial charge in [0.2, 0.25) is 0 Å². The SMILES string of the molecule is O=C(c1cccc2c(Cl)cccc12)N1CCC(N2CCSCC2)CC1. The summed E-state index contributed by atoms with van der Waals surface area (Å²) in [5.41, 5.74) is 0.771. The molecule has 0 radical (unpaired) electrons. The van der Waals surface area contributed by atoms with E-state index in [9.17, 15) is 4.79 Å². The number of likely N-dealkylation sites (tertiary alicyclic amines) is 1. The number of carbonyl (C=O) groups is 1. The average molecular weight is 375 g/mol. The van der Waals surface area contributed by atoms with Crippen LogP contribution in [0.1, 0.15) is 23.2 Å². The maximum Gasteiger partial charge on any atom is 0.254 e. The van der Waals surface area contributed by atoms with Crippen molar-refractivity contribution in [1.82, 2.24) is 9.80 Å². The lowest BCUT2D eigenvalue weighted by Gasteiger charge is -2.40. The number of rotatable bonds is 2. The van der Waals surface area contributed by atoms with Gasteiger partial charge in [0.1, 0.15) is 0 Å². The first-order valence-electron chi connectivity index (χ1n) is 9.02. The molecule has 132 valence electrons. The third-order valence-corrected chi connectivity index (χ3v) is 6.69. The van der Waals surface area contributed by atoms with Crippen LogP contribution in [0.3, 0.4) is 0 Å². The Balaban J connectivity index is 1.48. The molecule has 0 unspecified atom stereocenters. The van der Waals surface area contributed by atoms with Crippen molar-refractivity contribution in [1.29, 1.82) is 0 Å². The van der Waals surface area contributed by atoms with E-state index in [1.807, 2.05) is 41.3 Å². The van der Waals surface area contributed by atoms with Crippen LogP contribution in [0.5, 0.6) is 0 Å². The van der Waals surface area contributed by atoms with Crippen molar-refractivity contribution < 1.29 is 4.79 Å². The van der Waals surface area contributed by atoms with Gasteiger partial charge in [-0.1, -0.05) is 35.9 Å². The van der Waals surface area contributed by atoms with Crippen molar-refractivity contribution in [3.05, 3.63) is 47.0 Å². The molecule has 2 aliphatic heterocycles. The van der Waals surface area contributed by atoms with Gasteiger partial charge in [-0.2, -0.15) is 11.8 Å². The van der Waals surface area contributed by atoms with E-state index in [0.717, 1.165) is 42.3 Å². The van der Waals surface area contributed by atoms with Gasteiger partial charge in [-0.3, -0.25) is 9.69 Å². The van der Waals surface area contributed by atoms with Gasteiger partial charge in [0.25, 0.3) is 5.91 Å². The molecule has 1 amide bonds. The molecule has 4 rings (SSSR count). The number of fused-ring (bicyclic) bond motifs is 1. The summed E-state index contributed by atoms with van der Waals surface area (Å²) in [6.45, 7) is 4.10. The summed E-state index contributed by atoms with van der Waals surface area (Å²) >= 11 is 8.34. The van der Waals surface area contributed by atoms with Crippen molar-refractivity contribution in [2.75, 3.05) is 37.7 Å². The van der Waals surface area contributed by atoms with Crippen molar-refractivity contribution in [3.8, 4) is 0 Å². The van der Waals surface area contributed by atoms with Gasteiger partial charge in [0.15, 0.2) is 0 Å². The van der Waals surface area contributed by atoms with Gasteiger partial charge in [-0.25, -0.2) is 0 Å². The molecule has 0 bridgehead atoms. The number of nitrogens with zero attached hydrogens (tertiary/aromatic N) is 2. The summed E-state index contributed by atoms with van der Waals surface area (Å²) in [6.07, 6.45) is 2.17. The number of carbonyl (C=O) groups excluding carboxylic acids is 1. The number of thioether (sulfide) groups is 1. The standard InChI is InChI=1S/C20H23ClN2OS/c21-19-6-2-3-16-17(19)4-1-5-18(16)20(24)23-9-7-15(8-10-23)22-11-13-25-14-12-22/h1-6,15H,7-14H2. The molecule has 2 aromatic carbocycles. The van der Waals surface area contributed by atoms with Crippen LogP contribution in [0.2, 0.25) is 5.02 Å². The molecule has 25 heavy (non-hydrogen) atoms. The Labute approximate surface area is 158 Å². The molecule has 0 saturated carbocycles. The van der Waals surface area contributed by atoms with Crippen LogP contribution in [0.25, 0.3) is 10.8 Å². The minimum absolute atomic E-state index is 0.139. The van der Waals surface area contributed by atoms with Gasteiger partial charge in [0.05, 0.1) is 0 Å². The Bertz CT molecular complexity index is 767. The number of hydrogen-bond acceptors (Lipinski definition) is 3. The molecular formula is C20H23ClN2OS. The zero-order valence-electron chi connectivity index (χ0n) is 14.3. The lowest BCUT2D eigenvalue weighted by Crippen LogP contribution is -2.49. The number of amides is 1. The third kappa shape index (κ3) is 3.53. The van der Waals surface area contributed by atoms with Crippen molar-refractivity contribution in [3.63, 3.8) is 0 Å². The van der Waals surface area contributed by atoms with Crippen LogP contribution in [0, 0.1) is 0 Å². The van der Waals surface area contributed by atoms with E-state index in [2.05, 4.69) is 16.7 Å². The van der Waals surface area contributed by atoms with Gasteiger partial charge < -0.3 is 4.90 Å². The van der Waals surface area contributed by atoms with Gasteiger partial charge in [-0.15, -0.1) is 0 Å². The lowest BCUT2D eigenvalue weighted by atomic mass is 10.00. The van der Waals surface area contributed by atoms with Crippen LogP contribution >= 0.6 is 23.4 Å². The van der Waals surface area contributed by atoms with Crippen molar-refractivity contribution in [2.45, 2.75) is 18.9 Å². The lowest BCUT2D eigenvalue weighted by molar-refractivity contribution is 0.0633. The fraction of sp³-hybridized carbons (Fsp3) is 0.450. The fourth-order valence-corrected chi connectivity index (χ4v) is 5.17. The molecule has 0 atom stereocenters. The fourth-order valence-electron chi connectivity index (χ4n) is 4.01. The highest BCUT2D eigenvalue weighted by Crippen LogP contribution is 2.28. The Morgan fingerprint density at radius 2 is 1.64 bits per heavy atom. The first-order valence-corrected chi connectivity index (χ1v) is 10.6. The van der Waals surface area contributed by atoms with Crippen molar-refractivity contribution in [2.24, 2.45) is 0 Å². The molecule has 2 aliphatic rings. The van der Waals surface area contributed by atoms with Crippen LogP contribution in [-0.4, -0.2) is 59.4 Å². The number of piperidine rings is 1. The zero-order valence-corrected chi connectivity index (χ0v) is 15.9. The highest BCUT2D eigenvalue weighted by molar-refractivity contribution is 7.99. The highest BCUT2D eigenvalue weighted by Gasteiger charge is 2.28. The first kappa shape index (κ1) is 17.2. The molecule has 2 aromatic rings. The largest absolute Gasteiger partial charge is 0.339 e. The summed E-state index contributed by atoms with van der Waals surface area (Å²) in [5, 5.41) is 2.61. The maximum absolute atomic E-state index is 13.1. The second kappa shape index (κ2) is 7.56. The second-order valence-electron chi connectivity index (χ2n) is 6.81. The molecule has 2 heterocycles. The molecule has 0 spiro atoms. The minimum atomic E-state index is 0.139. The van der Waals surface area contributed by atoms with E-state index in [1.165, 1.54) is 24.6 Å². The maximum atomic E-state index is 13.1. The predicted octanol–water partition coefficient (Wildman–Crippen LogP) is 4.15. The molecular weight excluding hydrogens is 352 g/mol. The molecule has 5 heteroatoms. The number of halogens is 1. The summed E-state index contributed by atoms with van der Waals surface area (Å²) in [4.78, 5) is 17.7. The first-order chi connectivity index (χ1) is 12.2. The van der Waals surface area contributed by atoms with E-state index in [4.69, 9.17) is 11.6 Å². The molecule has 2 saturated heterocycles. The average Bonchev–Trinajstić information content (AvgIpc) is 2.68. The number of hydrogen-bond donors (Lipinski definition) is 0. The topological polar surface area (TPSA) is 23.6 Å².